The van der Waals surface area contributed by atoms with Crippen molar-refractivity contribution in [3.63, 3.8) is 0 Å². The first kappa shape index (κ1) is 13.7. The smallest absolute Gasteiger partial charge is 0.0642 e. The van der Waals surface area contributed by atoms with E-state index in [9.17, 15) is 0 Å². The molecule has 0 radical (unpaired) electrons. The Labute approximate surface area is 115 Å². The summed E-state index contributed by atoms with van der Waals surface area (Å²) in [6.45, 7) is 6.58. The molecule has 1 heterocycles. The molecule has 0 amide bonds. The van der Waals surface area contributed by atoms with E-state index in [0.717, 1.165) is 30.5 Å². The number of halogens is 1. The van der Waals surface area contributed by atoms with Gasteiger partial charge in [-0.1, -0.05) is 24.6 Å². The van der Waals surface area contributed by atoms with Crippen molar-refractivity contribution in [1.82, 2.24) is 0 Å². The van der Waals surface area contributed by atoms with E-state index in [0.29, 0.717) is 0 Å². The Bertz CT molecular complexity index is 395. The van der Waals surface area contributed by atoms with Gasteiger partial charge < -0.3 is 10.6 Å². The first-order valence-electron chi connectivity index (χ1n) is 6.85. The molecule has 1 saturated heterocycles. The molecule has 1 aliphatic rings. The van der Waals surface area contributed by atoms with Crippen molar-refractivity contribution in [2.75, 3.05) is 18.0 Å². The van der Waals surface area contributed by atoms with Gasteiger partial charge in [0.25, 0.3) is 0 Å². The van der Waals surface area contributed by atoms with Gasteiger partial charge in [0.1, 0.15) is 0 Å². The van der Waals surface area contributed by atoms with Crippen molar-refractivity contribution in [1.29, 1.82) is 0 Å². The first-order valence-corrected chi connectivity index (χ1v) is 7.23. The molecular weight excluding hydrogens is 244 g/mol. The predicted molar refractivity (Wildman–Crippen MR) is 79.4 cm³/mol. The minimum atomic E-state index is 0.183. The molecule has 1 aromatic carbocycles. The summed E-state index contributed by atoms with van der Waals surface area (Å²) in [4.78, 5) is 2.40. The fraction of sp³-hybridized carbons (Fsp3) is 0.600. The van der Waals surface area contributed by atoms with Crippen LogP contribution in [0.1, 0.15) is 32.3 Å². The Hall–Kier alpha value is -0.730. The van der Waals surface area contributed by atoms with Crippen LogP contribution in [0.4, 0.5) is 5.69 Å². The highest BCUT2D eigenvalue weighted by Crippen LogP contribution is 2.30. The summed E-state index contributed by atoms with van der Waals surface area (Å²) >= 11 is 6.40. The monoisotopic (exact) mass is 266 g/mol. The average molecular weight is 267 g/mol. The lowest BCUT2D eigenvalue weighted by atomic mass is 9.98. The summed E-state index contributed by atoms with van der Waals surface area (Å²) in [6.07, 6.45) is 3.41. The third kappa shape index (κ3) is 3.39. The molecule has 2 rings (SSSR count). The summed E-state index contributed by atoms with van der Waals surface area (Å²) in [5, 5.41) is 0.864. The van der Waals surface area contributed by atoms with Crippen LogP contribution in [0.3, 0.4) is 0 Å². The van der Waals surface area contributed by atoms with Gasteiger partial charge in [-0.15, -0.1) is 0 Å². The topological polar surface area (TPSA) is 29.3 Å². The Morgan fingerprint density at radius 3 is 2.61 bits per heavy atom. The van der Waals surface area contributed by atoms with Gasteiger partial charge in [0, 0.05) is 19.1 Å². The molecule has 3 heteroatoms. The highest BCUT2D eigenvalue weighted by molar-refractivity contribution is 6.33. The normalized spacial score (nSPS) is 19.0. The van der Waals surface area contributed by atoms with Crippen LogP contribution in [-0.2, 0) is 6.42 Å². The molecule has 1 aromatic rings. The number of piperidine rings is 1. The highest BCUT2D eigenvalue weighted by Gasteiger charge is 2.18. The van der Waals surface area contributed by atoms with Gasteiger partial charge >= 0.3 is 0 Å². The zero-order valence-corrected chi connectivity index (χ0v) is 12.1. The van der Waals surface area contributed by atoms with E-state index in [1.807, 2.05) is 6.92 Å². The second-order valence-corrected chi connectivity index (χ2v) is 6.04. The van der Waals surface area contributed by atoms with E-state index in [-0.39, 0.29) is 6.04 Å². The van der Waals surface area contributed by atoms with Crippen LogP contribution in [0.5, 0.6) is 0 Å². The molecule has 0 aliphatic carbocycles. The van der Waals surface area contributed by atoms with Crippen molar-refractivity contribution in [3.05, 3.63) is 28.8 Å². The summed E-state index contributed by atoms with van der Waals surface area (Å²) in [7, 11) is 0. The van der Waals surface area contributed by atoms with Crippen molar-refractivity contribution in [2.45, 2.75) is 39.2 Å². The number of nitrogens with two attached hydrogens (primary N) is 1. The maximum Gasteiger partial charge on any atom is 0.0642 e. The van der Waals surface area contributed by atoms with Gasteiger partial charge in [-0.05, 0) is 49.8 Å². The Balaban J connectivity index is 2.09. The van der Waals surface area contributed by atoms with Crippen LogP contribution in [0.15, 0.2) is 18.2 Å². The van der Waals surface area contributed by atoms with E-state index in [1.165, 1.54) is 24.1 Å². The standard InChI is InChI=1S/C15H23ClN2/c1-11-5-7-18(8-6-11)15-4-3-13(9-12(2)17)10-14(15)16/h3-4,10-12H,5-9,17H2,1-2H3. The number of hydrogen-bond acceptors (Lipinski definition) is 2. The lowest BCUT2D eigenvalue weighted by Crippen LogP contribution is -2.32. The van der Waals surface area contributed by atoms with E-state index < -0.39 is 0 Å². The quantitative estimate of drug-likeness (QED) is 0.908. The Morgan fingerprint density at radius 2 is 2.06 bits per heavy atom. The van der Waals surface area contributed by atoms with Gasteiger partial charge in [-0.25, -0.2) is 0 Å². The van der Waals surface area contributed by atoms with E-state index >= 15 is 0 Å². The second kappa shape index (κ2) is 5.94. The number of benzene rings is 1. The Morgan fingerprint density at radius 1 is 1.39 bits per heavy atom. The summed E-state index contributed by atoms with van der Waals surface area (Å²) in [5.74, 6) is 0.845. The molecular formula is C15H23ClN2. The SMILES string of the molecule is CC(N)Cc1ccc(N2CCC(C)CC2)c(Cl)c1. The average Bonchev–Trinajstić information content (AvgIpc) is 2.30. The third-order valence-electron chi connectivity index (χ3n) is 3.69. The van der Waals surface area contributed by atoms with Gasteiger partial charge in [0.05, 0.1) is 10.7 Å². The maximum atomic E-state index is 6.40. The minimum absolute atomic E-state index is 0.183. The van der Waals surface area contributed by atoms with Gasteiger partial charge in [0.2, 0.25) is 0 Å². The molecule has 1 unspecified atom stereocenters. The second-order valence-electron chi connectivity index (χ2n) is 5.64. The van der Waals surface area contributed by atoms with Crippen molar-refractivity contribution < 1.29 is 0 Å². The van der Waals surface area contributed by atoms with Gasteiger partial charge in [0.15, 0.2) is 0 Å². The Kier molecular flexibility index (Phi) is 4.52. The molecule has 2 N–H and O–H groups in total. The molecule has 0 spiro atoms. The lowest BCUT2D eigenvalue weighted by Gasteiger charge is -2.32. The molecule has 100 valence electrons. The largest absolute Gasteiger partial charge is 0.370 e. The lowest BCUT2D eigenvalue weighted by molar-refractivity contribution is 0.438. The van der Waals surface area contributed by atoms with Crippen LogP contribution in [0.25, 0.3) is 0 Å². The number of nitrogens with zero attached hydrogens (tertiary/aromatic N) is 1. The van der Waals surface area contributed by atoms with E-state index in [1.54, 1.807) is 0 Å². The maximum absolute atomic E-state index is 6.40. The van der Waals surface area contributed by atoms with Gasteiger partial charge in [-0.2, -0.15) is 0 Å². The molecule has 0 aromatic heterocycles. The molecule has 1 fully saturated rings. The van der Waals surface area contributed by atoms with Crippen LogP contribution in [0, 0.1) is 5.92 Å². The molecule has 0 bridgehead atoms. The van der Waals surface area contributed by atoms with Crippen molar-refractivity contribution >= 4 is 17.3 Å². The van der Waals surface area contributed by atoms with E-state index in [4.69, 9.17) is 17.3 Å². The summed E-state index contributed by atoms with van der Waals surface area (Å²) < 4.78 is 0. The first-order chi connectivity index (χ1) is 8.56. The predicted octanol–water partition coefficient (Wildman–Crippen LogP) is 3.47. The zero-order valence-electron chi connectivity index (χ0n) is 11.3. The molecule has 0 saturated carbocycles. The van der Waals surface area contributed by atoms with Crippen LogP contribution in [0.2, 0.25) is 5.02 Å². The van der Waals surface area contributed by atoms with E-state index in [2.05, 4.69) is 30.0 Å². The zero-order chi connectivity index (χ0) is 13.1. The van der Waals surface area contributed by atoms with Crippen LogP contribution < -0.4 is 10.6 Å². The fourth-order valence-corrected chi connectivity index (χ4v) is 2.88. The molecule has 2 nitrogen and oxygen atoms in total. The minimum Gasteiger partial charge on any atom is -0.370 e. The van der Waals surface area contributed by atoms with Gasteiger partial charge in [-0.3, -0.25) is 0 Å². The van der Waals surface area contributed by atoms with Crippen molar-refractivity contribution in [3.8, 4) is 0 Å². The van der Waals surface area contributed by atoms with Crippen LogP contribution in [-0.4, -0.2) is 19.1 Å². The number of anilines is 1. The molecule has 1 aliphatic heterocycles. The number of rotatable bonds is 3. The summed E-state index contributed by atoms with van der Waals surface area (Å²) in [6, 6.07) is 6.56. The number of hydrogen-bond donors (Lipinski definition) is 1. The fourth-order valence-electron chi connectivity index (χ4n) is 2.56. The highest BCUT2D eigenvalue weighted by atomic mass is 35.5. The molecule has 1 atom stereocenters. The third-order valence-corrected chi connectivity index (χ3v) is 4.00. The molecule has 18 heavy (non-hydrogen) atoms. The van der Waals surface area contributed by atoms with Crippen molar-refractivity contribution in [2.24, 2.45) is 11.7 Å². The summed E-state index contributed by atoms with van der Waals surface area (Å²) in [5.41, 5.74) is 8.22. The van der Waals surface area contributed by atoms with Crippen LogP contribution >= 0.6 is 11.6 Å².